The predicted octanol–water partition coefficient (Wildman–Crippen LogP) is 2.42. The molecule has 3 nitrogen and oxygen atoms in total. The van der Waals surface area contributed by atoms with Crippen molar-refractivity contribution in [1.82, 2.24) is 0 Å². The van der Waals surface area contributed by atoms with Crippen molar-refractivity contribution in [2.75, 3.05) is 0 Å². The molecule has 0 aliphatic heterocycles. The van der Waals surface area contributed by atoms with Crippen LogP contribution in [0.1, 0.15) is 0 Å². The van der Waals surface area contributed by atoms with Gasteiger partial charge in [-0.3, -0.25) is 0 Å². The summed E-state index contributed by atoms with van der Waals surface area (Å²) in [4.78, 5) is 0. The fourth-order valence-corrected chi connectivity index (χ4v) is 2.68. The third-order valence-corrected chi connectivity index (χ3v) is 3.68. The molecule has 0 spiro atoms. The summed E-state index contributed by atoms with van der Waals surface area (Å²) in [6.45, 7) is 0. The van der Waals surface area contributed by atoms with E-state index in [1.165, 1.54) is 0 Å². The fraction of sp³-hybridized carbons (Fsp3) is 0. The molecule has 0 radical (unpaired) electrons. The van der Waals surface area contributed by atoms with Crippen molar-refractivity contribution >= 4 is 45.3 Å². The van der Waals surface area contributed by atoms with Crippen LogP contribution in [0.25, 0.3) is 32.7 Å². The van der Waals surface area contributed by atoms with E-state index < -0.39 is 7.12 Å². The summed E-state index contributed by atoms with van der Waals surface area (Å²) in [5.74, 6) is 0. The molecule has 0 bridgehead atoms. The van der Waals surface area contributed by atoms with Gasteiger partial charge in [0.15, 0.2) is 0 Å². The molecule has 0 amide bonds. The van der Waals surface area contributed by atoms with E-state index in [0.717, 1.165) is 32.7 Å². The van der Waals surface area contributed by atoms with Crippen LogP contribution in [-0.4, -0.2) is 17.2 Å². The first-order valence-corrected chi connectivity index (χ1v) is 6.44. The van der Waals surface area contributed by atoms with E-state index >= 15 is 0 Å². The second-order valence-electron chi connectivity index (χ2n) is 4.89. The van der Waals surface area contributed by atoms with Crippen LogP contribution in [0.5, 0.6) is 0 Å². The van der Waals surface area contributed by atoms with E-state index in [1.54, 1.807) is 18.2 Å². The minimum atomic E-state index is -1.47. The van der Waals surface area contributed by atoms with Crippen LogP contribution in [0, 0.1) is 0 Å². The Morgan fingerprint density at radius 1 is 0.800 bits per heavy atom. The number of hydrogen-bond donors (Lipinski definition) is 2. The second kappa shape index (κ2) is 4.10. The Labute approximate surface area is 115 Å². The van der Waals surface area contributed by atoms with Crippen LogP contribution in [0.2, 0.25) is 0 Å². The molecular formula is C16H11BO3. The zero-order chi connectivity index (χ0) is 13.7. The van der Waals surface area contributed by atoms with Crippen LogP contribution in [0.4, 0.5) is 0 Å². The van der Waals surface area contributed by atoms with Crippen molar-refractivity contribution in [2.24, 2.45) is 0 Å². The van der Waals surface area contributed by atoms with Gasteiger partial charge in [-0.15, -0.1) is 0 Å². The summed E-state index contributed by atoms with van der Waals surface area (Å²) in [5, 5.41) is 22.7. The molecule has 96 valence electrons. The van der Waals surface area contributed by atoms with Crippen molar-refractivity contribution in [3.8, 4) is 0 Å². The van der Waals surface area contributed by atoms with E-state index in [0.29, 0.717) is 5.46 Å². The lowest BCUT2D eigenvalue weighted by molar-refractivity contribution is 0.426. The molecule has 0 aliphatic carbocycles. The maximum Gasteiger partial charge on any atom is 0.488 e. The molecule has 0 atom stereocenters. The van der Waals surface area contributed by atoms with Crippen LogP contribution < -0.4 is 5.46 Å². The lowest BCUT2D eigenvalue weighted by atomic mass is 9.80. The first-order chi connectivity index (χ1) is 9.74. The van der Waals surface area contributed by atoms with Gasteiger partial charge < -0.3 is 14.5 Å². The quantitative estimate of drug-likeness (QED) is 0.518. The van der Waals surface area contributed by atoms with Gasteiger partial charge in [0.1, 0.15) is 11.2 Å². The minimum Gasteiger partial charge on any atom is -0.455 e. The standard InChI is InChI=1S/C16H11BO3/c18-17(19)11-6-8-15-14(9-11)13-7-5-10-3-1-2-4-12(10)16(13)20-15/h1-9,18-19H. The van der Waals surface area contributed by atoms with Gasteiger partial charge in [-0.1, -0.05) is 42.5 Å². The highest BCUT2D eigenvalue weighted by Gasteiger charge is 2.15. The Balaban J connectivity index is 2.16. The van der Waals surface area contributed by atoms with E-state index in [4.69, 9.17) is 4.42 Å². The van der Waals surface area contributed by atoms with Crippen molar-refractivity contribution in [1.29, 1.82) is 0 Å². The molecule has 2 N–H and O–H groups in total. The van der Waals surface area contributed by atoms with Crippen molar-refractivity contribution < 1.29 is 14.5 Å². The minimum absolute atomic E-state index is 0.466. The van der Waals surface area contributed by atoms with E-state index in [-0.39, 0.29) is 0 Å². The van der Waals surface area contributed by atoms with Gasteiger partial charge in [0.25, 0.3) is 0 Å². The van der Waals surface area contributed by atoms with Gasteiger partial charge in [0.2, 0.25) is 0 Å². The van der Waals surface area contributed by atoms with Gasteiger partial charge in [-0.05, 0) is 23.0 Å². The molecule has 4 rings (SSSR count). The first kappa shape index (κ1) is 11.5. The molecule has 1 heterocycles. The highest BCUT2D eigenvalue weighted by atomic mass is 16.4. The summed E-state index contributed by atoms with van der Waals surface area (Å²) >= 11 is 0. The number of fused-ring (bicyclic) bond motifs is 5. The van der Waals surface area contributed by atoms with Gasteiger partial charge in [-0.25, -0.2) is 0 Å². The van der Waals surface area contributed by atoms with Gasteiger partial charge in [0, 0.05) is 16.2 Å². The summed E-state index contributed by atoms with van der Waals surface area (Å²) in [6.07, 6.45) is 0. The summed E-state index contributed by atoms with van der Waals surface area (Å²) in [7, 11) is -1.47. The molecule has 20 heavy (non-hydrogen) atoms. The molecule has 1 aromatic heterocycles. The molecular weight excluding hydrogens is 251 g/mol. The van der Waals surface area contributed by atoms with Crippen LogP contribution in [-0.2, 0) is 0 Å². The Hall–Kier alpha value is -2.30. The Kier molecular flexibility index (Phi) is 2.36. The number of benzene rings is 3. The summed E-state index contributed by atoms with van der Waals surface area (Å²) in [6, 6.07) is 17.3. The normalized spacial score (nSPS) is 11.5. The lowest BCUT2D eigenvalue weighted by Gasteiger charge is -1.98. The number of furan rings is 1. The monoisotopic (exact) mass is 262 g/mol. The highest BCUT2D eigenvalue weighted by Crippen LogP contribution is 2.33. The average Bonchev–Trinajstić information content (AvgIpc) is 2.85. The van der Waals surface area contributed by atoms with Crippen LogP contribution >= 0.6 is 0 Å². The van der Waals surface area contributed by atoms with Gasteiger partial charge >= 0.3 is 7.12 Å². The highest BCUT2D eigenvalue weighted by molar-refractivity contribution is 6.59. The maximum atomic E-state index is 9.29. The van der Waals surface area contributed by atoms with Gasteiger partial charge in [0.05, 0.1) is 0 Å². The Bertz CT molecular complexity index is 940. The zero-order valence-electron chi connectivity index (χ0n) is 10.6. The Morgan fingerprint density at radius 3 is 2.50 bits per heavy atom. The summed E-state index contributed by atoms with van der Waals surface area (Å²) < 4.78 is 5.94. The third-order valence-electron chi connectivity index (χ3n) is 3.68. The molecule has 4 heteroatoms. The molecule has 0 fully saturated rings. The topological polar surface area (TPSA) is 53.6 Å². The smallest absolute Gasteiger partial charge is 0.455 e. The first-order valence-electron chi connectivity index (χ1n) is 6.44. The van der Waals surface area contributed by atoms with Gasteiger partial charge in [-0.2, -0.15) is 0 Å². The van der Waals surface area contributed by atoms with Crippen molar-refractivity contribution in [2.45, 2.75) is 0 Å². The maximum absolute atomic E-state index is 9.29. The van der Waals surface area contributed by atoms with Crippen molar-refractivity contribution in [3.05, 3.63) is 54.6 Å². The molecule has 0 aliphatic rings. The second-order valence-corrected chi connectivity index (χ2v) is 4.89. The molecule has 4 aromatic rings. The lowest BCUT2D eigenvalue weighted by Crippen LogP contribution is -2.29. The molecule has 0 saturated heterocycles. The molecule has 0 unspecified atom stereocenters. The van der Waals surface area contributed by atoms with E-state index in [9.17, 15) is 10.0 Å². The Morgan fingerprint density at radius 2 is 1.65 bits per heavy atom. The van der Waals surface area contributed by atoms with E-state index in [1.807, 2.05) is 30.3 Å². The predicted molar refractivity (Wildman–Crippen MR) is 81.1 cm³/mol. The third kappa shape index (κ3) is 1.56. The number of hydrogen-bond acceptors (Lipinski definition) is 3. The van der Waals surface area contributed by atoms with Crippen LogP contribution in [0.15, 0.2) is 59.0 Å². The molecule has 3 aromatic carbocycles. The largest absolute Gasteiger partial charge is 0.488 e. The molecule has 0 saturated carbocycles. The van der Waals surface area contributed by atoms with Crippen LogP contribution in [0.3, 0.4) is 0 Å². The summed E-state index contributed by atoms with van der Waals surface area (Å²) in [5.41, 5.74) is 2.05. The van der Waals surface area contributed by atoms with Crippen molar-refractivity contribution in [3.63, 3.8) is 0 Å². The number of rotatable bonds is 1. The average molecular weight is 262 g/mol. The SMILES string of the molecule is OB(O)c1ccc2oc3c4ccccc4ccc3c2c1. The van der Waals surface area contributed by atoms with E-state index in [2.05, 4.69) is 6.07 Å². The fourth-order valence-electron chi connectivity index (χ4n) is 2.68. The zero-order valence-corrected chi connectivity index (χ0v) is 10.6.